The molecule has 0 atom stereocenters. The normalized spacial score (nSPS) is 11.6. The zero-order valence-electron chi connectivity index (χ0n) is 15.3. The lowest BCUT2D eigenvalue weighted by Gasteiger charge is -2.03. The molecular formula is C20H17N5O3. The second-order valence-corrected chi connectivity index (χ2v) is 6.72. The van der Waals surface area contributed by atoms with Gasteiger partial charge in [-0.1, -0.05) is 0 Å². The van der Waals surface area contributed by atoms with Crippen molar-refractivity contribution in [3.63, 3.8) is 0 Å². The van der Waals surface area contributed by atoms with Gasteiger partial charge in [-0.15, -0.1) is 0 Å². The molecule has 0 fully saturated rings. The molecule has 0 bridgehead atoms. The van der Waals surface area contributed by atoms with Crippen LogP contribution < -0.4 is 4.74 Å². The first kappa shape index (κ1) is 16.4. The molecule has 0 unspecified atom stereocenters. The minimum atomic E-state index is -0.900. The van der Waals surface area contributed by atoms with Crippen LogP contribution >= 0.6 is 0 Å². The highest BCUT2D eigenvalue weighted by Gasteiger charge is 2.17. The molecule has 1 aromatic carbocycles. The number of aromatic amines is 1. The Kier molecular flexibility index (Phi) is 3.42. The number of fused-ring (bicyclic) bond motifs is 4. The van der Waals surface area contributed by atoms with Crippen LogP contribution in [-0.4, -0.2) is 42.5 Å². The Morgan fingerprint density at radius 2 is 2.14 bits per heavy atom. The molecule has 0 saturated heterocycles. The summed E-state index contributed by atoms with van der Waals surface area (Å²) in [6.45, 7) is -0.127. The first-order chi connectivity index (χ1) is 13.5. The first-order valence-corrected chi connectivity index (χ1v) is 8.74. The van der Waals surface area contributed by atoms with Crippen LogP contribution in [-0.2, 0) is 18.4 Å². The maximum atomic E-state index is 11.3. The lowest BCUT2D eigenvalue weighted by atomic mass is 10.1. The molecule has 0 saturated carbocycles. The zero-order chi connectivity index (χ0) is 19.4. The SMILES string of the molecule is COc1ccc2c(c1)c(-c1cc3c(ncc4c[nH]n(C)c43)n1)cn2CC(=O)O. The number of benzene rings is 1. The zero-order valence-corrected chi connectivity index (χ0v) is 15.3. The van der Waals surface area contributed by atoms with Gasteiger partial charge in [0.1, 0.15) is 12.3 Å². The molecule has 28 heavy (non-hydrogen) atoms. The van der Waals surface area contributed by atoms with Crippen molar-refractivity contribution >= 4 is 38.8 Å². The number of nitrogens with one attached hydrogen (secondary N) is 1. The minimum Gasteiger partial charge on any atom is -0.497 e. The average Bonchev–Trinajstić information content (AvgIpc) is 3.36. The lowest BCUT2D eigenvalue weighted by molar-refractivity contribution is -0.137. The van der Waals surface area contributed by atoms with E-state index in [1.165, 1.54) is 0 Å². The van der Waals surface area contributed by atoms with Crippen molar-refractivity contribution in [3.05, 3.63) is 42.9 Å². The molecule has 0 aliphatic heterocycles. The van der Waals surface area contributed by atoms with Gasteiger partial charge in [-0.05, 0) is 24.3 Å². The van der Waals surface area contributed by atoms with Gasteiger partial charge in [0, 0.05) is 52.9 Å². The highest BCUT2D eigenvalue weighted by Crippen LogP contribution is 2.35. The van der Waals surface area contributed by atoms with E-state index in [-0.39, 0.29) is 6.54 Å². The maximum Gasteiger partial charge on any atom is 0.323 e. The van der Waals surface area contributed by atoms with Crippen LogP contribution in [0.3, 0.4) is 0 Å². The molecule has 4 aromatic heterocycles. The molecule has 5 rings (SSSR count). The lowest BCUT2D eigenvalue weighted by Crippen LogP contribution is -2.07. The monoisotopic (exact) mass is 375 g/mol. The summed E-state index contributed by atoms with van der Waals surface area (Å²) < 4.78 is 9.01. The molecule has 2 N–H and O–H groups in total. The molecule has 0 aliphatic carbocycles. The summed E-state index contributed by atoms with van der Waals surface area (Å²) in [5.41, 5.74) is 4.09. The molecule has 8 nitrogen and oxygen atoms in total. The third kappa shape index (κ3) is 2.34. The summed E-state index contributed by atoms with van der Waals surface area (Å²) in [5.74, 6) is -0.196. The van der Waals surface area contributed by atoms with Gasteiger partial charge in [0.15, 0.2) is 5.65 Å². The smallest absolute Gasteiger partial charge is 0.323 e. The van der Waals surface area contributed by atoms with Gasteiger partial charge in [-0.3, -0.25) is 9.48 Å². The fourth-order valence-corrected chi connectivity index (χ4v) is 3.76. The highest BCUT2D eigenvalue weighted by atomic mass is 16.5. The van der Waals surface area contributed by atoms with Crippen molar-refractivity contribution in [2.75, 3.05) is 7.11 Å². The fraction of sp³-hybridized carbons (Fsp3) is 0.150. The van der Waals surface area contributed by atoms with E-state index in [9.17, 15) is 9.90 Å². The number of pyridine rings is 1. The Bertz CT molecular complexity index is 1380. The second-order valence-electron chi connectivity index (χ2n) is 6.72. The van der Waals surface area contributed by atoms with E-state index < -0.39 is 5.97 Å². The summed E-state index contributed by atoms with van der Waals surface area (Å²) >= 11 is 0. The summed E-state index contributed by atoms with van der Waals surface area (Å²) in [7, 11) is 3.55. The number of hydrogen-bond donors (Lipinski definition) is 2. The van der Waals surface area contributed by atoms with E-state index in [0.717, 1.165) is 38.4 Å². The summed E-state index contributed by atoms with van der Waals surface area (Å²) in [4.78, 5) is 20.5. The Morgan fingerprint density at radius 3 is 2.93 bits per heavy atom. The van der Waals surface area contributed by atoms with E-state index in [1.54, 1.807) is 17.9 Å². The standard InChI is InChI=1S/C20H17N5O3/c1-24-19-11(8-22-24)7-21-20-14(19)6-16(23-20)15-9-25(10-18(26)27)17-4-3-12(28-2)5-13(15)17/h3-9,22H,10H2,1-2H3,(H,26,27). The number of ether oxygens (including phenoxy) is 1. The number of rotatable bonds is 4. The van der Waals surface area contributed by atoms with Gasteiger partial charge in [0.2, 0.25) is 0 Å². The Hall–Kier alpha value is -3.81. The van der Waals surface area contributed by atoms with Gasteiger partial charge in [0.05, 0.1) is 18.3 Å². The molecule has 0 amide bonds. The third-order valence-electron chi connectivity index (χ3n) is 5.02. The number of aliphatic carboxylic acids is 1. The number of hydrogen-bond acceptors (Lipinski definition) is 4. The van der Waals surface area contributed by atoms with Crippen LogP contribution in [0.2, 0.25) is 0 Å². The topological polar surface area (TPSA) is 98.0 Å². The number of carboxylic acid groups (broad SMARTS) is 1. The Labute approximate surface area is 159 Å². The fourth-order valence-electron chi connectivity index (χ4n) is 3.76. The Balaban J connectivity index is 1.79. The van der Waals surface area contributed by atoms with Crippen molar-refractivity contribution in [1.29, 1.82) is 0 Å². The molecule has 0 spiro atoms. The molecule has 8 heteroatoms. The number of carbonyl (C=O) groups is 1. The van der Waals surface area contributed by atoms with Crippen molar-refractivity contribution < 1.29 is 14.6 Å². The van der Waals surface area contributed by atoms with Crippen LogP contribution in [0.1, 0.15) is 0 Å². The van der Waals surface area contributed by atoms with E-state index in [0.29, 0.717) is 11.4 Å². The van der Waals surface area contributed by atoms with Crippen LogP contribution in [0, 0.1) is 0 Å². The molecule has 0 radical (unpaired) electrons. The van der Waals surface area contributed by atoms with E-state index in [1.807, 2.05) is 48.4 Å². The number of aryl methyl sites for hydroxylation is 1. The quantitative estimate of drug-likeness (QED) is 0.503. The van der Waals surface area contributed by atoms with Gasteiger partial charge >= 0.3 is 5.97 Å². The number of carboxylic acids is 1. The Morgan fingerprint density at radius 1 is 1.29 bits per heavy atom. The largest absolute Gasteiger partial charge is 0.497 e. The molecule has 5 aromatic rings. The van der Waals surface area contributed by atoms with Crippen LogP contribution in [0.5, 0.6) is 5.75 Å². The van der Waals surface area contributed by atoms with Crippen LogP contribution in [0.25, 0.3) is 44.1 Å². The second kappa shape index (κ2) is 5.85. The van der Waals surface area contributed by atoms with Crippen LogP contribution in [0.4, 0.5) is 0 Å². The molecule has 4 heterocycles. The molecular weight excluding hydrogens is 358 g/mol. The van der Waals surface area contributed by atoms with Gasteiger partial charge in [0.25, 0.3) is 0 Å². The van der Waals surface area contributed by atoms with E-state index in [4.69, 9.17) is 9.72 Å². The minimum absolute atomic E-state index is 0.127. The van der Waals surface area contributed by atoms with Crippen molar-refractivity contribution in [1.82, 2.24) is 24.3 Å². The van der Waals surface area contributed by atoms with Gasteiger partial charge in [-0.2, -0.15) is 0 Å². The number of nitrogens with zero attached hydrogens (tertiary/aromatic N) is 4. The number of aromatic nitrogens is 5. The summed E-state index contributed by atoms with van der Waals surface area (Å²) in [5, 5.41) is 15.3. The summed E-state index contributed by atoms with van der Waals surface area (Å²) in [6.07, 6.45) is 5.52. The first-order valence-electron chi connectivity index (χ1n) is 8.74. The van der Waals surface area contributed by atoms with Crippen LogP contribution in [0.15, 0.2) is 42.9 Å². The highest BCUT2D eigenvalue weighted by molar-refractivity contribution is 6.06. The van der Waals surface area contributed by atoms with E-state index >= 15 is 0 Å². The predicted octanol–water partition coefficient (Wildman–Crippen LogP) is 3.16. The van der Waals surface area contributed by atoms with Crippen molar-refractivity contribution in [2.45, 2.75) is 6.54 Å². The van der Waals surface area contributed by atoms with Gasteiger partial charge < -0.3 is 19.5 Å². The van der Waals surface area contributed by atoms with Crippen molar-refractivity contribution in [3.8, 4) is 17.0 Å². The molecule has 0 aliphatic rings. The summed E-state index contributed by atoms with van der Waals surface area (Å²) in [6, 6.07) is 7.59. The number of methoxy groups -OCH3 is 1. The van der Waals surface area contributed by atoms with Crippen molar-refractivity contribution in [2.24, 2.45) is 7.05 Å². The number of H-pyrrole nitrogens is 1. The molecule has 140 valence electrons. The third-order valence-corrected chi connectivity index (χ3v) is 5.02. The van der Waals surface area contributed by atoms with Gasteiger partial charge in [-0.25, -0.2) is 9.97 Å². The average molecular weight is 375 g/mol. The predicted molar refractivity (Wildman–Crippen MR) is 105 cm³/mol. The maximum absolute atomic E-state index is 11.3. The van der Waals surface area contributed by atoms with E-state index in [2.05, 4.69) is 10.1 Å².